The first-order valence-electron chi connectivity index (χ1n) is 7.75. The van der Waals surface area contributed by atoms with E-state index in [1.54, 1.807) is 4.90 Å². The highest BCUT2D eigenvalue weighted by atomic mass is 16.6. The van der Waals surface area contributed by atoms with Gasteiger partial charge in [0.2, 0.25) is 0 Å². The minimum Gasteiger partial charge on any atom is -0.481 e. The van der Waals surface area contributed by atoms with E-state index in [2.05, 4.69) is 0 Å². The van der Waals surface area contributed by atoms with Crippen molar-refractivity contribution in [2.75, 3.05) is 13.1 Å². The fraction of sp³-hybridized carbons (Fsp3) is 0.875. The Morgan fingerprint density at radius 3 is 2.38 bits per heavy atom. The maximum atomic E-state index is 12.2. The minimum atomic E-state index is -0.709. The fourth-order valence-corrected chi connectivity index (χ4v) is 3.82. The lowest BCUT2D eigenvalue weighted by atomic mass is 9.89. The van der Waals surface area contributed by atoms with Crippen molar-refractivity contribution in [1.29, 1.82) is 0 Å². The van der Waals surface area contributed by atoms with Gasteiger partial charge in [-0.2, -0.15) is 0 Å². The van der Waals surface area contributed by atoms with Crippen molar-refractivity contribution < 1.29 is 19.4 Å². The quantitative estimate of drug-likeness (QED) is 0.851. The number of hydrogen-bond donors (Lipinski definition) is 1. The number of piperidine rings is 1. The highest BCUT2D eigenvalue weighted by Crippen LogP contribution is 2.63. The zero-order valence-corrected chi connectivity index (χ0v) is 13.7. The van der Waals surface area contributed by atoms with E-state index in [9.17, 15) is 14.7 Å². The van der Waals surface area contributed by atoms with Gasteiger partial charge in [-0.25, -0.2) is 4.79 Å². The van der Waals surface area contributed by atoms with Crippen LogP contribution >= 0.6 is 0 Å². The molecule has 0 aromatic carbocycles. The highest BCUT2D eigenvalue weighted by molar-refractivity contribution is 5.75. The van der Waals surface area contributed by atoms with Crippen molar-refractivity contribution in [3.8, 4) is 0 Å². The molecule has 1 amide bonds. The van der Waals surface area contributed by atoms with E-state index in [1.807, 2.05) is 34.6 Å². The molecule has 120 valence electrons. The average molecular weight is 297 g/mol. The van der Waals surface area contributed by atoms with Crippen molar-refractivity contribution in [3.63, 3.8) is 0 Å². The fourth-order valence-electron chi connectivity index (χ4n) is 3.82. The van der Waals surface area contributed by atoms with Gasteiger partial charge in [-0.1, -0.05) is 13.8 Å². The monoisotopic (exact) mass is 297 g/mol. The van der Waals surface area contributed by atoms with E-state index in [4.69, 9.17) is 4.74 Å². The number of ether oxygens (including phenoxy) is 1. The second kappa shape index (κ2) is 5.18. The number of hydrogen-bond acceptors (Lipinski definition) is 3. The van der Waals surface area contributed by atoms with E-state index in [-0.39, 0.29) is 29.3 Å². The van der Waals surface area contributed by atoms with Gasteiger partial charge in [0.05, 0.1) is 5.92 Å². The molecule has 1 N–H and O–H groups in total. The van der Waals surface area contributed by atoms with Gasteiger partial charge in [0, 0.05) is 13.1 Å². The minimum absolute atomic E-state index is 0.159. The molecule has 5 heteroatoms. The molecular weight excluding hydrogens is 270 g/mol. The number of rotatable bonds is 2. The second-order valence-corrected chi connectivity index (χ2v) is 7.99. The lowest BCUT2D eigenvalue weighted by Crippen LogP contribution is -2.43. The number of aliphatic carboxylic acids is 1. The number of carboxylic acids is 1. The van der Waals surface area contributed by atoms with Gasteiger partial charge in [0.15, 0.2) is 0 Å². The van der Waals surface area contributed by atoms with Crippen LogP contribution in [0.25, 0.3) is 0 Å². The molecule has 1 heterocycles. The molecule has 2 aliphatic rings. The van der Waals surface area contributed by atoms with Crippen LogP contribution in [0.3, 0.4) is 0 Å². The highest BCUT2D eigenvalue weighted by Gasteiger charge is 2.64. The van der Waals surface area contributed by atoms with Gasteiger partial charge in [-0.15, -0.1) is 0 Å². The van der Waals surface area contributed by atoms with Crippen molar-refractivity contribution >= 4 is 12.1 Å². The van der Waals surface area contributed by atoms with E-state index in [0.29, 0.717) is 13.1 Å². The predicted molar refractivity (Wildman–Crippen MR) is 78.9 cm³/mol. The third-order valence-electron chi connectivity index (χ3n) is 4.79. The standard InChI is InChI=1S/C16H27NO4/c1-15(2,3)21-14(20)17-8-6-7-10(9-17)11-12(13(18)19)16(11,4)5/h10-12H,6-9H2,1-5H3,(H,18,19). The molecule has 21 heavy (non-hydrogen) atoms. The summed E-state index contributed by atoms with van der Waals surface area (Å²) in [6.07, 6.45) is 1.64. The Bertz CT molecular complexity index is 438. The van der Waals surface area contributed by atoms with Crippen molar-refractivity contribution in [2.24, 2.45) is 23.2 Å². The summed E-state index contributed by atoms with van der Waals surface area (Å²) in [5.74, 6) is -0.553. The van der Waals surface area contributed by atoms with Crippen LogP contribution in [0.15, 0.2) is 0 Å². The van der Waals surface area contributed by atoms with E-state index >= 15 is 0 Å². The number of amides is 1. The van der Waals surface area contributed by atoms with Crippen LogP contribution in [0.5, 0.6) is 0 Å². The van der Waals surface area contributed by atoms with Crippen LogP contribution < -0.4 is 0 Å². The van der Waals surface area contributed by atoms with Gasteiger partial charge in [0.1, 0.15) is 5.60 Å². The molecule has 1 aliphatic heterocycles. The Kier molecular flexibility index (Phi) is 3.98. The van der Waals surface area contributed by atoms with Crippen LogP contribution in [0.2, 0.25) is 0 Å². The zero-order chi connectivity index (χ0) is 16.0. The normalized spacial score (nSPS) is 31.7. The number of carboxylic acid groups (broad SMARTS) is 1. The molecule has 3 unspecified atom stereocenters. The van der Waals surface area contributed by atoms with Gasteiger partial charge in [0.25, 0.3) is 0 Å². The summed E-state index contributed by atoms with van der Waals surface area (Å²) in [6.45, 7) is 10.9. The Balaban J connectivity index is 1.99. The summed E-state index contributed by atoms with van der Waals surface area (Å²) < 4.78 is 5.42. The van der Waals surface area contributed by atoms with Crippen LogP contribution in [0, 0.1) is 23.2 Å². The van der Waals surface area contributed by atoms with Crippen molar-refractivity contribution in [1.82, 2.24) is 4.90 Å². The SMILES string of the molecule is CC(C)(C)OC(=O)N1CCCC(C2C(C(=O)O)C2(C)C)C1. The van der Waals surface area contributed by atoms with Crippen LogP contribution in [0.1, 0.15) is 47.5 Å². The molecule has 1 saturated heterocycles. The molecular formula is C16H27NO4. The molecule has 2 rings (SSSR count). The van der Waals surface area contributed by atoms with Gasteiger partial charge < -0.3 is 14.7 Å². The molecule has 1 aliphatic carbocycles. The van der Waals surface area contributed by atoms with Crippen LogP contribution in [-0.2, 0) is 9.53 Å². The predicted octanol–water partition coefficient (Wildman–Crippen LogP) is 2.99. The molecule has 1 saturated carbocycles. The van der Waals surface area contributed by atoms with E-state index in [0.717, 1.165) is 12.8 Å². The first-order chi connectivity index (χ1) is 9.54. The second-order valence-electron chi connectivity index (χ2n) is 7.99. The molecule has 3 atom stereocenters. The molecule has 2 fully saturated rings. The van der Waals surface area contributed by atoms with Crippen molar-refractivity contribution in [2.45, 2.75) is 53.1 Å². The summed E-state index contributed by atoms with van der Waals surface area (Å²) in [4.78, 5) is 25.2. The Morgan fingerprint density at radius 1 is 1.29 bits per heavy atom. The summed E-state index contributed by atoms with van der Waals surface area (Å²) >= 11 is 0. The summed E-state index contributed by atoms with van der Waals surface area (Å²) in [5.41, 5.74) is -0.653. The van der Waals surface area contributed by atoms with Crippen LogP contribution in [-0.4, -0.2) is 40.8 Å². The summed E-state index contributed by atoms with van der Waals surface area (Å²) in [6, 6.07) is 0. The topological polar surface area (TPSA) is 66.8 Å². The van der Waals surface area contributed by atoms with E-state index in [1.165, 1.54) is 0 Å². The smallest absolute Gasteiger partial charge is 0.410 e. The third-order valence-corrected chi connectivity index (χ3v) is 4.79. The molecule has 0 spiro atoms. The zero-order valence-electron chi connectivity index (χ0n) is 13.7. The largest absolute Gasteiger partial charge is 0.481 e. The first kappa shape index (κ1) is 16.1. The molecule has 5 nitrogen and oxygen atoms in total. The molecule has 0 bridgehead atoms. The average Bonchev–Trinajstić information content (AvgIpc) is 2.90. The number of carbonyl (C=O) groups is 2. The van der Waals surface area contributed by atoms with Gasteiger partial charge in [-0.05, 0) is 50.9 Å². The summed E-state index contributed by atoms with van der Waals surface area (Å²) in [5, 5.41) is 9.31. The number of nitrogens with zero attached hydrogens (tertiary/aromatic N) is 1. The lowest BCUT2D eigenvalue weighted by Gasteiger charge is -2.34. The Morgan fingerprint density at radius 2 is 1.90 bits per heavy atom. The molecule has 0 aromatic rings. The maximum absolute atomic E-state index is 12.2. The van der Waals surface area contributed by atoms with Gasteiger partial charge in [-0.3, -0.25) is 4.79 Å². The maximum Gasteiger partial charge on any atom is 0.410 e. The lowest BCUT2D eigenvalue weighted by molar-refractivity contribution is -0.139. The first-order valence-corrected chi connectivity index (χ1v) is 7.75. The number of likely N-dealkylation sites (tertiary alicyclic amines) is 1. The molecule has 0 aromatic heterocycles. The summed E-state index contributed by atoms with van der Waals surface area (Å²) in [7, 11) is 0. The third kappa shape index (κ3) is 3.33. The van der Waals surface area contributed by atoms with E-state index < -0.39 is 11.6 Å². The Labute approximate surface area is 126 Å². The molecule has 0 radical (unpaired) electrons. The van der Waals surface area contributed by atoms with Crippen LogP contribution in [0.4, 0.5) is 4.79 Å². The van der Waals surface area contributed by atoms with Crippen molar-refractivity contribution in [3.05, 3.63) is 0 Å². The van der Waals surface area contributed by atoms with Gasteiger partial charge >= 0.3 is 12.1 Å². The Hall–Kier alpha value is -1.26. The number of carbonyl (C=O) groups excluding carboxylic acids is 1.